The maximum absolute atomic E-state index is 12.1. The van der Waals surface area contributed by atoms with E-state index < -0.39 is 11.8 Å². The van der Waals surface area contributed by atoms with Crippen LogP contribution in [0.5, 0.6) is 5.75 Å². The van der Waals surface area contributed by atoms with Crippen molar-refractivity contribution >= 4 is 61.9 Å². The fraction of sp³-hybridized carbons (Fsp3) is 0.0455. The number of ether oxygens (including phenoxy) is 1. The first-order valence-electron chi connectivity index (χ1n) is 8.95. The van der Waals surface area contributed by atoms with Gasteiger partial charge < -0.3 is 4.74 Å². The Labute approximate surface area is 187 Å². The highest BCUT2D eigenvalue weighted by atomic mass is 79.9. The van der Waals surface area contributed by atoms with Crippen LogP contribution in [-0.4, -0.2) is 23.5 Å². The van der Waals surface area contributed by atoms with E-state index in [9.17, 15) is 9.59 Å². The number of thiocarbonyl (C=S) groups is 1. The van der Waals surface area contributed by atoms with Gasteiger partial charge in [0.1, 0.15) is 5.75 Å². The summed E-state index contributed by atoms with van der Waals surface area (Å²) in [6.07, 6.45) is 3.10. The minimum atomic E-state index is -0.444. The lowest BCUT2D eigenvalue weighted by molar-refractivity contribution is -0.123. The van der Waals surface area contributed by atoms with Crippen LogP contribution in [-0.2, 0) is 9.59 Å². The van der Waals surface area contributed by atoms with E-state index >= 15 is 0 Å². The molecule has 0 aromatic heterocycles. The summed E-state index contributed by atoms with van der Waals surface area (Å²) in [5.41, 5.74) is 5.75. The number of halogens is 1. The molecule has 0 fully saturated rings. The number of carbonyl (C=O) groups excluding carboxylic acids is 2. The van der Waals surface area contributed by atoms with Gasteiger partial charge in [-0.2, -0.15) is 0 Å². The largest absolute Gasteiger partial charge is 0.484 e. The molecule has 152 valence electrons. The molecule has 0 saturated heterocycles. The Morgan fingerprint density at radius 2 is 1.70 bits per heavy atom. The van der Waals surface area contributed by atoms with E-state index in [1.807, 2.05) is 54.6 Å². The normalized spacial score (nSPS) is 10.6. The van der Waals surface area contributed by atoms with Crippen LogP contribution in [0.2, 0.25) is 0 Å². The lowest BCUT2D eigenvalue weighted by Crippen LogP contribution is -2.49. The molecule has 8 heteroatoms. The highest BCUT2D eigenvalue weighted by Crippen LogP contribution is 2.19. The smallest absolute Gasteiger partial charge is 0.276 e. The van der Waals surface area contributed by atoms with Gasteiger partial charge >= 0.3 is 0 Å². The van der Waals surface area contributed by atoms with Crippen molar-refractivity contribution in [1.82, 2.24) is 16.2 Å². The third-order valence-electron chi connectivity index (χ3n) is 3.97. The Morgan fingerprint density at radius 3 is 2.50 bits per heavy atom. The molecule has 0 aliphatic carbocycles. The molecule has 0 radical (unpaired) electrons. The first kappa shape index (κ1) is 21.5. The second kappa shape index (κ2) is 10.5. The third-order valence-corrected chi connectivity index (χ3v) is 4.71. The van der Waals surface area contributed by atoms with Crippen molar-refractivity contribution < 1.29 is 14.3 Å². The van der Waals surface area contributed by atoms with Crippen molar-refractivity contribution in [3.8, 4) is 5.75 Å². The first-order valence-corrected chi connectivity index (χ1v) is 10.2. The number of nitrogens with one attached hydrogen (secondary N) is 3. The molecule has 0 aliphatic rings. The lowest BCUT2D eigenvalue weighted by atomic mass is 10.0. The second-order valence-electron chi connectivity index (χ2n) is 6.14. The fourth-order valence-corrected chi connectivity index (χ4v) is 3.00. The van der Waals surface area contributed by atoms with Gasteiger partial charge in [-0.25, -0.2) is 0 Å². The molecule has 3 aromatic carbocycles. The van der Waals surface area contributed by atoms with Gasteiger partial charge in [-0.15, -0.1) is 0 Å². The number of rotatable bonds is 5. The van der Waals surface area contributed by atoms with E-state index in [4.69, 9.17) is 17.0 Å². The maximum Gasteiger partial charge on any atom is 0.276 e. The van der Waals surface area contributed by atoms with Gasteiger partial charge in [-0.3, -0.25) is 25.8 Å². The summed E-state index contributed by atoms with van der Waals surface area (Å²) in [5.74, 6) is -0.301. The van der Waals surface area contributed by atoms with Crippen LogP contribution in [0.3, 0.4) is 0 Å². The number of benzene rings is 3. The summed E-state index contributed by atoms with van der Waals surface area (Å²) in [6.45, 7) is -0.202. The Kier molecular flexibility index (Phi) is 7.53. The van der Waals surface area contributed by atoms with Crippen LogP contribution in [0.25, 0.3) is 16.8 Å². The summed E-state index contributed by atoms with van der Waals surface area (Å²) in [5, 5.41) is 4.57. The van der Waals surface area contributed by atoms with Crippen molar-refractivity contribution in [2.75, 3.05) is 6.61 Å². The fourth-order valence-electron chi connectivity index (χ4n) is 2.59. The molecule has 0 atom stereocenters. The molecule has 6 nitrogen and oxygen atoms in total. The standard InChI is InChI=1S/C22H18BrN3O3S/c23-17-9-11-18(12-10-17)29-14-21(28)25-26-22(30)24-20(27)13-8-16-6-3-5-15-4-1-2-7-19(15)16/h1-13H,14H2,(H,25,28)(H2,24,26,27,30). The number of carbonyl (C=O) groups is 2. The zero-order valence-corrected chi connectivity index (χ0v) is 18.1. The van der Waals surface area contributed by atoms with Gasteiger partial charge in [0.15, 0.2) is 11.7 Å². The van der Waals surface area contributed by atoms with Crippen LogP contribution in [0.4, 0.5) is 0 Å². The van der Waals surface area contributed by atoms with Gasteiger partial charge in [0.05, 0.1) is 0 Å². The molecule has 3 rings (SSSR count). The van der Waals surface area contributed by atoms with E-state index in [1.165, 1.54) is 6.08 Å². The van der Waals surface area contributed by atoms with Gasteiger partial charge in [-0.1, -0.05) is 58.4 Å². The number of fused-ring (bicyclic) bond motifs is 1. The van der Waals surface area contributed by atoms with Crippen molar-refractivity contribution in [3.05, 3.63) is 82.8 Å². The van der Waals surface area contributed by atoms with Crippen molar-refractivity contribution in [2.24, 2.45) is 0 Å². The predicted octanol–water partition coefficient (Wildman–Crippen LogP) is 3.72. The van der Waals surface area contributed by atoms with Gasteiger partial charge in [-0.05, 0) is 58.9 Å². The minimum absolute atomic E-state index is 0.0282. The SMILES string of the molecule is O=C(C=Cc1cccc2ccccc12)NC(=S)NNC(=O)COc1ccc(Br)cc1. The quantitative estimate of drug-likeness (QED) is 0.292. The molecule has 3 aromatic rings. The topological polar surface area (TPSA) is 79.5 Å². The summed E-state index contributed by atoms with van der Waals surface area (Å²) in [4.78, 5) is 23.9. The summed E-state index contributed by atoms with van der Waals surface area (Å²) in [7, 11) is 0. The Morgan fingerprint density at radius 1 is 0.967 bits per heavy atom. The molecule has 0 aliphatic heterocycles. The zero-order valence-electron chi connectivity index (χ0n) is 15.7. The van der Waals surface area contributed by atoms with Crippen molar-refractivity contribution in [1.29, 1.82) is 0 Å². The first-order chi connectivity index (χ1) is 14.5. The summed E-state index contributed by atoms with van der Waals surface area (Å²) < 4.78 is 6.26. The molecule has 0 unspecified atom stereocenters. The lowest BCUT2D eigenvalue weighted by Gasteiger charge is -2.10. The van der Waals surface area contributed by atoms with Gasteiger partial charge in [0.2, 0.25) is 5.91 Å². The van der Waals surface area contributed by atoms with Crippen LogP contribution in [0.15, 0.2) is 77.3 Å². The average molecular weight is 484 g/mol. The maximum atomic E-state index is 12.1. The van der Waals surface area contributed by atoms with Crippen LogP contribution < -0.4 is 20.9 Å². The number of amides is 2. The van der Waals surface area contributed by atoms with Crippen LogP contribution >= 0.6 is 28.1 Å². The molecule has 0 heterocycles. The average Bonchev–Trinajstić information content (AvgIpc) is 2.76. The molecular formula is C22H18BrN3O3S. The van der Waals surface area contributed by atoms with Crippen LogP contribution in [0, 0.1) is 0 Å². The van der Waals surface area contributed by atoms with E-state index in [0.29, 0.717) is 5.75 Å². The Hall–Kier alpha value is -3.23. The molecule has 0 bridgehead atoms. The number of hydrogen-bond acceptors (Lipinski definition) is 4. The summed E-state index contributed by atoms with van der Waals surface area (Å²) in [6, 6.07) is 20.9. The third kappa shape index (κ3) is 6.40. The molecule has 0 spiro atoms. The minimum Gasteiger partial charge on any atom is -0.484 e. The van der Waals surface area contributed by atoms with Crippen molar-refractivity contribution in [2.45, 2.75) is 0 Å². The summed E-state index contributed by atoms with van der Waals surface area (Å²) >= 11 is 8.33. The monoisotopic (exact) mass is 483 g/mol. The molecule has 3 N–H and O–H groups in total. The van der Waals surface area contributed by atoms with E-state index in [0.717, 1.165) is 20.8 Å². The highest BCUT2D eigenvalue weighted by Gasteiger charge is 2.05. The second-order valence-corrected chi connectivity index (χ2v) is 7.46. The number of hydrogen-bond donors (Lipinski definition) is 3. The zero-order chi connectivity index (χ0) is 21.3. The van der Waals surface area contributed by atoms with Gasteiger partial charge in [0.25, 0.3) is 5.91 Å². The Bertz CT molecular complexity index is 1090. The van der Waals surface area contributed by atoms with E-state index in [2.05, 4.69) is 32.1 Å². The molecular weight excluding hydrogens is 466 g/mol. The molecule has 0 saturated carbocycles. The molecule has 30 heavy (non-hydrogen) atoms. The highest BCUT2D eigenvalue weighted by molar-refractivity contribution is 9.10. The Balaban J connectivity index is 1.44. The predicted molar refractivity (Wildman–Crippen MR) is 125 cm³/mol. The van der Waals surface area contributed by atoms with E-state index in [1.54, 1.807) is 18.2 Å². The van der Waals surface area contributed by atoms with Crippen LogP contribution in [0.1, 0.15) is 5.56 Å². The number of hydrazine groups is 1. The van der Waals surface area contributed by atoms with Crippen molar-refractivity contribution in [3.63, 3.8) is 0 Å². The molecule has 2 amide bonds. The van der Waals surface area contributed by atoms with Gasteiger partial charge in [0, 0.05) is 10.5 Å². The van der Waals surface area contributed by atoms with E-state index in [-0.39, 0.29) is 11.7 Å².